The Labute approximate surface area is 168 Å². The quantitative estimate of drug-likeness (QED) is 0.714. The lowest BCUT2D eigenvalue weighted by molar-refractivity contribution is -0.144. The van der Waals surface area contributed by atoms with Gasteiger partial charge in [-0.1, -0.05) is 19.1 Å². The molecule has 1 aromatic carbocycles. The number of hydrogen-bond donors (Lipinski definition) is 0. The van der Waals surface area contributed by atoms with Crippen LogP contribution in [0, 0.1) is 5.92 Å². The first-order chi connectivity index (χ1) is 13.5. The second kappa shape index (κ2) is 7.58. The van der Waals surface area contributed by atoms with Crippen LogP contribution >= 0.6 is 11.8 Å². The Balaban J connectivity index is 1.44. The van der Waals surface area contributed by atoms with Gasteiger partial charge in [0.05, 0.1) is 22.9 Å². The lowest BCUT2D eigenvalue weighted by Gasteiger charge is -2.29. The molecule has 3 aliphatic rings. The summed E-state index contributed by atoms with van der Waals surface area (Å²) in [5, 5.41) is 0. The topological polar surface area (TPSA) is 78.0 Å². The largest absolute Gasteiger partial charge is 0.341 e. The monoisotopic (exact) mass is 401 g/mol. The van der Waals surface area contributed by atoms with Crippen LogP contribution in [0.4, 0.5) is 0 Å². The molecule has 148 valence electrons. The molecule has 2 fully saturated rings. The first-order valence-corrected chi connectivity index (χ1v) is 10.8. The molecular formula is C20H23N3O4S. The Kier molecular flexibility index (Phi) is 5.14. The summed E-state index contributed by atoms with van der Waals surface area (Å²) < 4.78 is 0. The molecule has 4 amide bonds. The van der Waals surface area contributed by atoms with Gasteiger partial charge in [0.15, 0.2) is 0 Å². The summed E-state index contributed by atoms with van der Waals surface area (Å²) in [6.07, 6.45) is 2.02. The Morgan fingerprint density at radius 1 is 1.11 bits per heavy atom. The van der Waals surface area contributed by atoms with Gasteiger partial charge in [0, 0.05) is 25.4 Å². The molecule has 0 aromatic heterocycles. The van der Waals surface area contributed by atoms with Crippen LogP contribution in [-0.4, -0.2) is 75.6 Å². The second-order valence-corrected chi connectivity index (χ2v) is 8.52. The van der Waals surface area contributed by atoms with Crippen molar-refractivity contribution in [2.24, 2.45) is 5.92 Å². The van der Waals surface area contributed by atoms with Crippen LogP contribution in [0.2, 0.25) is 0 Å². The van der Waals surface area contributed by atoms with Crippen LogP contribution in [-0.2, 0) is 9.59 Å². The molecule has 0 N–H and O–H groups in total. The smallest absolute Gasteiger partial charge is 0.261 e. The molecule has 0 radical (unpaired) electrons. The van der Waals surface area contributed by atoms with E-state index in [0.29, 0.717) is 22.8 Å². The van der Waals surface area contributed by atoms with Crippen LogP contribution in [0.5, 0.6) is 0 Å². The molecule has 4 rings (SSSR count). The predicted molar refractivity (Wildman–Crippen MR) is 105 cm³/mol. The predicted octanol–water partition coefficient (Wildman–Crippen LogP) is 1.44. The van der Waals surface area contributed by atoms with E-state index in [1.54, 1.807) is 47.9 Å². The molecule has 1 aromatic rings. The maximum absolute atomic E-state index is 13.0. The van der Waals surface area contributed by atoms with Gasteiger partial charge in [-0.15, -0.1) is 11.8 Å². The van der Waals surface area contributed by atoms with Crippen LogP contribution in [0.15, 0.2) is 24.3 Å². The number of hydrogen-bond acceptors (Lipinski definition) is 5. The highest BCUT2D eigenvalue weighted by molar-refractivity contribution is 7.99. The normalized spacial score (nSPS) is 22.8. The van der Waals surface area contributed by atoms with Gasteiger partial charge in [-0.3, -0.25) is 24.1 Å². The van der Waals surface area contributed by atoms with Crippen LogP contribution < -0.4 is 0 Å². The van der Waals surface area contributed by atoms with E-state index < -0.39 is 12.0 Å². The first-order valence-electron chi connectivity index (χ1n) is 9.61. The summed E-state index contributed by atoms with van der Waals surface area (Å²) in [4.78, 5) is 55.5. The van der Waals surface area contributed by atoms with Crippen molar-refractivity contribution >= 4 is 35.4 Å². The van der Waals surface area contributed by atoms with Gasteiger partial charge >= 0.3 is 0 Å². The van der Waals surface area contributed by atoms with Crippen LogP contribution in [0.25, 0.3) is 0 Å². The number of thioether (sulfide) groups is 1. The molecule has 2 saturated heterocycles. The Morgan fingerprint density at radius 2 is 1.71 bits per heavy atom. The third-order valence-corrected chi connectivity index (χ3v) is 6.64. The van der Waals surface area contributed by atoms with Crippen molar-refractivity contribution in [3.05, 3.63) is 35.4 Å². The van der Waals surface area contributed by atoms with Crippen molar-refractivity contribution in [1.82, 2.24) is 14.7 Å². The number of rotatable bonds is 4. The Bertz CT molecular complexity index is 801. The SMILES string of the molecule is C[C@H](CN1C(=O)c2ccccc2C1=O)C(=O)N1CSC[C@H]1C(=O)N1CCCC1. The molecule has 0 unspecified atom stereocenters. The minimum Gasteiger partial charge on any atom is -0.341 e. The van der Waals surface area contributed by atoms with E-state index in [1.807, 2.05) is 4.90 Å². The minimum absolute atomic E-state index is 0.0174. The third kappa shape index (κ3) is 3.19. The van der Waals surface area contributed by atoms with Gasteiger partial charge in [0.2, 0.25) is 11.8 Å². The van der Waals surface area contributed by atoms with Crippen molar-refractivity contribution < 1.29 is 19.2 Å². The van der Waals surface area contributed by atoms with Gasteiger partial charge < -0.3 is 9.80 Å². The number of fused-ring (bicyclic) bond motifs is 1. The molecule has 7 nitrogen and oxygen atoms in total. The highest BCUT2D eigenvalue weighted by Gasteiger charge is 2.41. The van der Waals surface area contributed by atoms with Gasteiger partial charge in [-0.2, -0.15) is 0 Å². The lowest BCUT2D eigenvalue weighted by atomic mass is 10.1. The fourth-order valence-electron chi connectivity index (χ4n) is 4.05. The zero-order chi connectivity index (χ0) is 19.8. The minimum atomic E-state index is -0.560. The maximum Gasteiger partial charge on any atom is 0.261 e. The summed E-state index contributed by atoms with van der Waals surface area (Å²) in [6, 6.07) is 6.25. The Morgan fingerprint density at radius 3 is 2.32 bits per heavy atom. The van der Waals surface area contributed by atoms with E-state index in [-0.39, 0.29) is 30.2 Å². The molecule has 0 spiro atoms. The molecule has 8 heteroatoms. The van der Waals surface area contributed by atoms with E-state index in [2.05, 4.69) is 0 Å². The summed E-state index contributed by atoms with van der Waals surface area (Å²) in [6.45, 7) is 3.25. The number of likely N-dealkylation sites (tertiary alicyclic amines) is 1. The molecule has 0 aliphatic carbocycles. The molecule has 0 bridgehead atoms. The van der Waals surface area contributed by atoms with Crippen LogP contribution in [0.3, 0.4) is 0 Å². The number of imide groups is 1. The number of benzene rings is 1. The number of amides is 4. The number of carbonyl (C=O) groups excluding carboxylic acids is 4. The summed E-state index contributed by atoms with van der Waals surface area (Å²) in [7, 11) is 0. The zero-order valence-electron chi connectivity index (χ0n) is 15.8. The van der Waals surface area contributed by atoms with E-state index in [0.717, 1.165) is 30.8 Å². The molecule has 3 aliphatic heterocycles. The van der Waals surface area contributed by atoms with Crippen molar-refractivity contribution in [1.29, 1.82) is 0 Å². The van der Waals surface area contributed by atoms with Gasteiger partial charge in [-0.05, 0) is 25.0 Å². The van der Waals surface area contributed by atoms with E-state index in [9.17, 15) is 19.2 Å². The highest BCUT2D eigenvalue weighted by atomic mass is 32.2. The van der Waals surface area contributed by atoms with Gasteiger partial charge in [0.1, 0.15) is 6.04 Å². The van der Waals surface area contributed by atoms with Gasteiger partial charge in [-0.25, -0.2) is 0 Å². The zero-order valence-corrected chi connectivity index (χ0v) is 16.6. The highest BCUT2D eigenvalue weighted by Crippen LogP contribution is 2.28. The van der Waals surface area contributed by atoms with E-state index in [4.69, 9.17) is 0 Å². The average molecular weight is 401 g/mol. The van der Waals surface area contributed by atoms with E-state index in [1.165, 1.54) is 0 Å². The van der Waals surface area contributed by atoms with Crippen molar-refractivity contribution in [3.8, 4) is 0 Å². The first kappa shape index (κ1) is 19.0. The average Bonchev–Trinajstić information content (AvgIpc) is 3.45. The molecule has 2 atom stereocenters. The van der Waals surface area contributed by atoms with Gasteiger partial charge in [0.25, 0.3) is 11.8 Å². The summed E-state index contributed by atoms with van der Waals surface area (Å²) in [5.74, 6) is -0.379. The van der Waals surface area contributed by atoms with E-state index >= 15 is 0 Å². The maximum atomic E-state index is 13.0. The standard InChI is InChI=1S/C20H23N3O4S/c1-13(10-22-18(25)14-6-2-3-7-15(14)19(22)26)17(24)23-12-28-11-16(23)20(27)21-8-4-5-9-21/h2-3,6-7,13,16H,4-5,8-12H2,1H3/t13-,16+/m1/s1. The second-order valence-electron chi connectivity index (χ2n) is 7.52. The molecule has 3 heterocycles. The molecule has 0 saturated carbocycles. The fraction of sp³-hybridized carbons (Fsp3) is 0.500. The third-order valence-electron chi connectivity index (χ3n) is 5.62. The van der Waals surface area contributed by atoms with Crippen molar-refractivity contribution in [3.63, 3.8) is 0 Å². The van der Waals surface area contributed by atoms with Crippen LogP contribution in [0.1, 0.15) is 40.5 Å². The molecule has 28 heavy (non-hydrogen) atoms. The van der Waals surface area contributed by atoms with Crippen molar-refractivity contribution in [2.75, 3.05) is 31.3 Å². The lowest BCUT2D eigenvalue weighted by Crippen LogP contribution is -2.51. The molecular weight excluding hydrogens is 378 g/mol. The summed E-state index contributed by atoms with van der Waals surface area (Å²) >= 11 is 1.57. The van der Waals surface area contributed by atoms with Crippen molar-refractivity contribution in [2.45, 2.75) is 25.8 Å². The summed E-state index contributed by atoms with van der Waals surface area (Å²) in [5.41, 5.74) is 0.761. The fourth-order valence-corrected chi connectivity index (χ4v) is 5.21. The number of carbonyl (C=O) groups is 4. The number of nitrogens with zero attached hydrogens (tertiary/aromatic N) is 3. The Hall–Kier alpha value is -2.35.